The summed E-state index contributed by atoms with van der Waals surface area (Å²) in [5, 5.41) is 8.67. The Labute approximate surface area is 195 Å². The van der Waals surface area contributed by atoms with Crippen molar-refractivity contribution in [3.8, 4) is 17.2 Å². The zero-order chi connectivity index (χ0) is 23.8. The SMILES string of the molecule is COc1cc2c(cc1OC)C(=O)C(CCCN(C)CCc1ccc(OCC(=O)O)cc1)CC2. The summed E-state index contributed by atoms with van der Waals surface area (Å²) in [5.74, 6) is 1.12. The van der Waals surface area contributed by atoms with Crippen LogP contribution in [0.15, 0.2) is 36.4 Å². The van der Waals surface area contributed by atoms with E-state index in [1.165, 1.54) is 5.56 Å². The van der Waals surface area contributed by atoms with Gasteiger partial charge < -0.3 is 24.2 Å². The molecular formula is C26H33NO6. The standard InChI is InChI=1S/C26H33NO6/c1-27(14-12-18-6-10-21(11-7-18)33-17-25(28)29)13-4-5-19-8-9-20-15-23(31-2)24(32-3)16-22(20)26(19)30/h6-7,10-11,15-16,19H,4-5,8-9,12-14,17H2,1-3H3,(H,28,29). The van der Waals surface area contributed by atoms with E-state index < -0.39 is 5.97 Å². The number of carboxylic acid groups (broad SMARTS) is 1. The molecule has 33 heavy (non-hydrogen) atoms. The van der Waals surface area contributed by atoms with Crippen LogP contribution in [-0.4, -0.2) is 62.7 Å². The van der Waals surface area contributed by atoms with Crippen LogP contribution in [0.4, 0.5) is 0 Å². The first-order valence-electron chi connectivity index (χ1n) is 11.3. The fraction of sp³-hybridized carbons (Fsp3) is 0.462. The molecule has 0 heterocycles. The van der Waals surface area contributed by atoms with Gasteiger partial charge in [0.2, 0.25) is 0 Å². The van der Waals surface area contributed by atoms with Crippen LogP contribution in [0.2, 0.25) is 0 Å². The number of aryl methyl sites for hydroxylation is 1. The predicted molar refractivity (Wildman–Crippen MR) is 126 cm³/mol. The van der Waals surface area contributed by atoms with Gasteiger partial charge in [-0.25, -0.2) is 4.79 Å². The van der Waals surface area contributed by atoms with Crippen LogP contribution in [0.1, 0.15) is 40.7 Å². The summed E-state index contributed by atoms with van der Waals surface area (Å²) in [6.07, 6.45) is 4.51. The van der Waals surface area contributed by atoms with Gasteiger partial charge in [-0.3, -0.25) is 4.79 Å². The molecule has 0 aliphatic heterocycles. The molecule has 7 nitrogen and oxygen atoms in total. The van der Waals surface area contributed by atoms with Crippen molar-refractivity contribution in [2.75, 3.05) is 41.0 Å². The second-order valence-electron chi connectivity index (χ2n) is 8.49. The van der Waals surface area contributed by atoms with Crippen molar-refractivity contribution in [2.24, 2.45) is 5.92 Å². The molecule has 178 valence electrons. The van der Waals surface area contributed by atoms with Crippen molar-refractivity contribution in [3.63, 3.8) is 0 Å². The lowest BCUT2D eigenvalue weighted by Gasteiger charge is -2.25. The fourth-order valence-corrected chi connectivity index (χ4v) is 4.25. The van der Waals surface area contributed by atoms with Crippen LogP contribution >= 0.6 is 0 Å². The molecule has 2 aromatic carbocycles. The Balaban J connectivity index is 1.43. The third kappa shape index (κ3) is 6.71. The van der Waals surface area contributed by atoms with Crippen molar-refractivity contribution < 1.29 is 28.9 Å². The van der Waals surface area contributed by atoms with Crippen LogP contribution in [0.5, 0.6) is 17.2 Å². The van der Waals surface area contributed by atoms with Crippen LogP contribution in [0.25, 0.3) is 0 Å². The maximum Gasteiger partial charge on any atom is 0.341 e. The monoisotopic (exact) mass is 455 g/mol. The highest BCUT2D eigenvalue weighted by Gasteiger charge is 2.28. The fourth-order valence-electron chi connectivity index (χ4n) is 4.25. The number of ketones is 1. The number of benzene rings is 2. The largest absolute Gasteiger partial charge is 0.493 e. The number of nitrogens with zero attached hydrogens (tertiary/aromatic N) is 1. The molecule has 0 saturated carbocycles. The molecule has 0 saturated heterocycles. The van der Waals surface area contributed by atoms with Crippen molar-refractivity contribution in [3.05, 3.63) is 53.1 Å². The number of hydrogen-bond donors (Lipinski definition) is 1. The van der Waals surface area contributed by atoms with Gasteiger partial charge >= 0.3 is 5.97 Å². The van der Waals surface area contributed by atoms with Gasteiger partial charge in [0.05, 0.1) is 14.2 Å². The average molecular weight is 456 g/mol. The van der Waals surface area contributed by atoms with E-state index in [4.69, 9.17) is 19.3 Å². The topological polar surface area (TPSA) is 85.3 Å². The Kier molecular flexibility index (Phi) is 8.72. The Bertz CT molecular complexity index is 956. The van der Waals surface area contributed by atoms with Crippen molar-refractivity contribution in [1.82, 2.24) is 4.90 Å². The summed E-state index contributed by atoms with van der Waals surface area (Å²) in [5.41, 5.74) is 2.99. The van der Waals surface area contributed by atoms with E-state index in [2.05, 4.69) is 11.9 Å². The van der Waals surface area contributed by atoms with E-state index in [-0.39, 0.29) is 18.3 Å². The summed E-state index contributed by atoms with van der Waals surface area (Å²) in [6.45, 7) is 1.51. The molecule has 7 heteroatoms. The molecule has 1 unspecified atom stereocenters. The molecule has 2 aromatic rings. The lowest BCUT2D eigenvalue weighted by molar-refractivity contribution is -0.139. The number of ether oxygens (including phenoxy) is 3. The molecule has 1 N–H and O–H groups in total. The number of Topliss-reactive ketones (excluding diaryl/α,β-unsaturated/α-hetero) is 1. The maximum atomic E-state index is 13.0. The zero-order valence-electron chi connectivity index (χ0n) is 19.6. The van der Waals surface area contributed by atoms with E-state index in [1.54, 1.807) is 26.4 Å². The highest BCUT2D eigenvalue weighted by molar-refractivity contribution is 6.00. The number of hydrogen-bond acceptors (Lipinski definition) is 6. The van der Waals surface area contributed by atoms with Gasteiger partial charge in [0, 0.05) is 18.0 Å². The minimum absolute atomic E-state index is 0.0577. The Hall–Kier alpha value is -3.06. The zero-order valence-corrected chi connectivity index (χ0v) is 19.6. The molecule has 0 radical (unpaired) electrons. The van der Waals surface area contributed by atoms with Crippen molar-refractivity contribution in [2.45, 2.75) is 32.1 Å². The number of likely N-dealkylation sites (N-methyl/N-ethyl adjacent to an activating group) is 1. The quantitative estimate of drug-likeness (QED) is 0.520. The van der Waals surface area contributed by atoms with Gasteiger partial charge in [0.1, 0.15) is 5.75 Å². The minimum Gasteiger partial charge on any atom is -0.493 e. The lowest BCUT2D eigenvalue weighted by Crippen LogP contribution is -2.26. The van der Waals surface area contributed by atoms with E-state index in [0.717, 1.165) is 56.3 Å². The number of carboxylic acids is 1. The van der Waals surface area contributed by atoms with Gasteiger partial charge in [-0.2, -0.15) is 0 Å². The number of fused-ring (bicyclic) bond motifs is 1. The first-order chi connectivity index (χ1) is 15.9. The van der Waals surface area contributed by atoms with Crippen LogP contribution in [-0.2, 0) is 17.6 Å². The smallest absolute Gasteiger partial charge is 0.341 e. The second-order valence-corrected chi connectivity index (χ2v) is 8.49. The molecule has 0 fully saturated rings. The third-order valence-electron chi connectivity index (χ3n) is 6.17. The van der Waals surface area contributed by atoms with Gasteiger partial charge in [0.25, 0.3) is 0 Å². The Morgan fingerprint density at radius 3 is 2.45 bits per heavy atom. The summed E-state index contributed by atoms with van der Waals surface area (Å²) < 4.78 is 15.9. The third-order valence-corrected chi connectivity index (χ3v) is 6.17. The van der Waals surface area contributed by atoms with Gasteiger partial charge in [-0.1, -0.05) is 12.1 Å². The molecular weight excluding hydrogens is 422 g/mol. The molecule has 1 aliphatic carbocycles. The van der Waals surface area contributed by atoms with Crippen molar-refractivity contribution >= 4 is 11.8 Å². The predicted octanol–water partition coefficient (Wildman–Crippen LogP) is 3.87. The number of rotatable bonds is 12. The molecule has 0 spiro atoms. The first-order valence-corrected chi connectivity index (χ1v) is 11.3. The van der Waals surface area contributed by atoms with Gasteiger partial charge in [0.15, 0.2) is 23.9 Å². The summed E-state index contributed by atoms with van der Waals surface area (Å²) in [4.78, 5) is 25.9. The molecule has 0 amide bonds. The molecule has 0 bridgehead atoms. The maximum absolute atomic E-state index is 13.0. The number of carbonyl (C=O) groups excluding carboxylic acids is 1. The molecule has 3 rings (SSSR count). The van der Waals surface area contributed by atoms with Crippen molar-refractivity contribution in [1.29, 1.82) is 0 Å². The van der Waals surface area contributed by atoms with Crippen LogP contribution in [0, 0.1) is 5.92 Å². The van der Waals surface area contributed by atoms with E-state index in [9.17, 15) is 9.59 Å². The highest BCUT2D eigenvalue weighted by Crippen LogP contribution is 2.36. The average Bonchev–Trinajstić information content (AvgIpc) is 2.82. The molecule has 0 aromatic heterocycles. The summed E-state index contributed by atoms with van der Waals surface area (Å²) in [6, 6.07) is 11.3. The Morgan fingerprint density at radius 1 is 1.09 bits per heavy atom. The minimum atomic E-state index is -0.986. The van der Waals surface area contributed by atoms with Crippen LogP contribution < -0.4 is 14.2 Å². The van der Waals surface area contributed by atoms with Crippen LogP contribution in [0.3, 0.4) is 0 Å². The summed E-state index contributed by atoms with van der Waals surface area (Å²) in [7, 11) is 5.30. The normalized spacial score (nSPS) is 15.3. The first kappa shape index (κ1) is 24.6. The molecule has 1 aliphatic rings. The lowest BCUT2D eigenvalue weighted by atomic mass is 9.80. The highest BCUT2D eigenvalue weighted by atomic mass is 16.5. The molecule has 1 atom stereocenters. The van der Waals surface area contributed by atoms with Gasteiger partial charge in [-0.15, -0.1) is 0 Å². The Morgan fingerprint density at radius 2 is 1.79 bits per heavy atom. The van der Waals surface area contributed by atoms with Gasteiger partial charge in [-0.05, 0) is 81.1 Å². The van der Waals surface area contributed by atoms with E-state index in [0.29, 0.717) is 17.2 Å². The summed E-state index contributed by atoms with van der Waals surface area (Å²) >= 11 is 0. The van der Waals surface area contributed by atoms with E-state index >= 15 is 0 Å². The number of methoxy groups -OCH3 is 2. The second kappa shape index (κ2) is 11.7. The number of carbonyl (C=O) groups is 2. The number of aliphatic carboxylic acids is 1. The van der Waals surface area contributed by atoms with E-state index in [1.807, 2.05) is 24.3 Å².